The Hall–Kier alpha value is -0.450. The van der Waals surface area contributed by atoms with Crippen LogP contribution in [-0.4, -0.2) is 18.2 Å². The topological polar surface area (TPSA) is 48.1 Å². The van der Waals surface area contributed by atoms with Gasteiger partial charge in [0, 0.05) is 23.9 Å². The molecule has 16 heavy (non-hydrogen) atoms. The minimum absolute atomic E-state index is 0.118. The molecule has 2 unspecified atom stereocenters. The number of hydrogen-bond donors (Lipinski definition) is 1. The molecule has 0 saturated carbocycles. The first-order valence-corrected chi connectivity index (χ1v) is 6.98. The highest BCUT2D eigenvalue weighted by molar-refractivity contribution is 7.09. The lowest BCUT2D eigenvalue weighted by atomic mass is 10.1. The number of nitrogens with zero attached hydrogens (tertiary/aromatic N) is 1. The maximum absolute atomic E-state index is 6.11. The average molecular weight is 240 g/mol. The highest BCUT2D eigenvalue weighted by Crippen LogP contribution is 2.29. The van der Waals surface area contributed by atoms with Crippen LogP contribution >= 0.6 is 11.3 Å². The van der Waals surface area contributed by atoms with Gasteiger partial charge in [-0.2, -0.15) is 0 Å². The lowest BCUT2D eigenvalue weighted by Crippen LogP contribution is -2.11. The number of ether oxygens (including phenoxy) is 1. The summed E-state index contributed by atoms with van der Waals surface area (Å²) in [5.74, 6) is 0.511. The van der Waals surface area contributed by atoms with Crippen LogP contribution < -0.4 is 5.73 Å². The number of aromatic nitrogens is 1. The summed E-state index contributed by atoms with van der Waals surface area (Å²) in [6.45, 7) is 3.90. The van der Waals surface area contributed by atoms with Crippen molar-refractivity contribution in [2.24, 2.45) is 5.73 Å². The molecule has 2 N–H and O–H groups in total. The standard InChI is InChI=1S/C12H20N2OS/c1-2-3-4-10(13)11-8-16-12(14-11)9-5-6-15-7-9/h8-10H,2-7,13H2,1H3. The SMILES string of the molecule is CCCCC(N)c1csc(C2CCOC2)n1. The second-order valence-electron chi connectivity index (χ2n) is 4.42. The summed E-state index contributed by atoms with van der Waals surface area (Å²) in [5, 5.41) is 3.33. The summed E-state index contributed by atoms with van der Waals surface area (Å²) in [7, 11) is 0. The van der Waals surface area contributed by atoms with Crippen LogP contribution in [0.5, 0.6) is 0 Å². The van der Waals surface area contributed by atoms with E-state index >= 15 is 0 Å². The van der Waals surface area contributed by atoms with Gasteiger partial charge in [0.15, 0.2) is 0 Å². The summed E-state index contributed by atoms with van der Waals surface area (Å²) in [6.07, 6.45) is 4.53. The van der Waals surface area contributed by atoms with Crippen LogP contribution in [0.4, 0.5) is 0 Å². The number of unbranched alkanes of at least 4 members (excludes halogenated alkanes) is 1. The molecule has 1 aliphatic heterocycles. The van der Waals surface area contributed by atoms with Gasteiger partial charge in [0.1, 0.15) is 0 Å². The fourth-order valence-corrected chi connectivity index (χ4v) is 2.97. The van der Waals surface area contributed by atoms with Gasteiger partial charge < -0.3 is 10.5 Å². The molecule has 1 saturated heterocycles. The fourth-order valence-electron chi connectivity index (χ4n) is 1.96. The summed E-state index contributed by atoms with van der Waals surface area (Å²) in [6, 6.07) is 0.118. The van der Waals surface area contributed by atoms with Gasteiger partial charge in [0.2, 0.25) is 0 Å². The second kappa shape index (κ2) is 5.75. The minimum atomic E-state index is 0.118. The Kier molecular flexibility index (Phi) is 4.32. The predicted octanol–water partition coefficient (Wildman–Crippen LogP) is 2.84. The monoisotopic (exact) mass is 240 g/mol. The molecule has 1 aliphatic rings. The normalized spacial score (nSPS) is 22.5. The van der Waals surface area contributed by atoms with Crippen LogP contribution in [0.15, 0.2) is 5.38 Å². The molecule has 1 fully saturated rings. The van der Waals surface area contributed by atoms with Gasteiger partial charge in [0.05, 0.1) is 17.3 Å². The Bertz CT molecular complexity index is 321. The Morgan fingerprint density at radius 3 is 3.25 bits per heavy atom. The Labute approximate surface area is 101 Å². The Morgan fingerprint density at radius 1 is 1.69 bits per heavy atom. The van der Waals surface area contributed by atoms with Crippen molar-refractivity contribution in [3.05, 3.63) is 16.1 Å². The first-order chi connectivity index (χ1) is 7.81. The van der Waals surface area contributed by atoms with Crippen LogP contribution in [0, 0.1) is 0 Å². The van der Waals surface area contributed by atoms with E-state index in [1.54, 1.807) is 11.3 Å². The van der Waals surface area contributed by atoms with E-state index in [-0.39, 0.29) is 6.04 Å². The minimum Gasteiger partial charge on any atom is -0.381 e. The van der Waals surface area contributed by atoms with Crippen molar-refractivity contribution in [1.82, 2.24) is 4.98 Å². The lowest BCUT2D eigenvalue weighted by Gasteiger charge is -2.07. The summed E-state index contributed by atoms with van der Waals surface area (Å²) in [5.41, 5.74) is 7.18. The van der Waals surface area contributed by atoms with E-state index in [1.165, 1.54) is 17.8 Å². The third-order valence-electron chi connectivity index (χ3n) is 3.07. The van der Waals surface area contributed by atoms with Crippen molar-refractivity contribution in [2.75, 3.05) is 13.2 Å². The average Bonchev–Trinajstić information content (AvgIpc) is 2.94. The molecule has 1 aromatic rings. The fraction of sp³-hybridized carbons (Fsp3) is 0.750. The second-order valence-corrected chi connectivity index (χ2v) is 5.31. The molecule has 0 spiro atoms. The van der Waals surface area contributed by atoms with Crippen molar-refractivity contribution in [2.45, 2.75) is 44.6 Å². The van der Waals surface area contributed by atoms with E-state index in [2.05, 4.69) is 17.3 Å². The number of nitrogens with two attached hydrogens (primary N) is 1. The van der Waals surface area contributed by atoms with E-state index in [4.69, 9.17) is 10.5 Å². The summed E-state index contributed by atoms with van der Waals surface area (Å²) >= 11 is 1.74. The van der Waals surface area contributed by atoms with Crippen LogP contribution in [0.1, 0.15) is 55.3 Å². The first kappa shape index (κ1) is 12.0. The molecule has 4 heteroatoms. The molecule has 2 heterocycles. The highest BCUT2D eigenvalue weighted by Gasteiger charge is 2.21. The van der Waals surface area contributed by atoms with Gasteiger partial charge in [-0.1, -0.05) is 19.8 Å². The van der Waals surface area contributed by atoms with Gasteiger partial charge in [-0.15, -0.1) is 11.3 Å². The van der Waals surface area contributed by atoms with Crippen molar-refractivity contribution in [3.8, 4) is 0 Å². The summed E-state index contributed by atoms with van der Waals surface area (Å²) < 4.78 is 5.38. The molecule has 2 atom stereocenters. The van der Waals surface area contributed by atoms with Gasteiger partial charge >= 0.3 is 0 Å². The highest BCUT2D eigenvalue weighted by atomic mass is 32.1. The summed E-state index contributed by atoms with van der Waals surface area (Å²) in [4.78, 5) is 4.66. The molecule has 2 rings (SSSR count). The maximum atomic E-state index is 6.11. The van der Waals surface area contributed by atoms with Gasteiger partial charge in [-0.05, 0) is 12.8 Å². The molecule has 3 nitrogen and oxygen atoms in total. The van der Waals surface area contributed by atoms with E-state index in [9.17, 15) is 0 Å². The lowest BCUT2D eigenvalue weighted by molar-refractivity contribution is 0.194. The number of hydrogen-bond acceptors (Lipinski definition) is 4. The third-order valence-corrected chi connectivity index (χ3v) is 4.09. The van der Waals surface area contributed by atoms with Crippen LogP contribution in [0.2, 0.25) is 0 Å². The molecule has 0 aliphatic carbocycles. The van der Waals surface area contributed by atoms with Gasteiger partial charge in [-0.3, -0.25) is 0 Å². The quantitative estimate of drug-likeness (QED) is 0.861. The Morgan fingerprint density at radius 2 is 2.56 bits per heavy atom. The third kappa shape index (κ3) is 2.81. The smallest absolute Gasteiger partial charge is 0.0983 e. The maximum Gasteiger partial charge on any atom is 0.0983 e. The molecular formula is C12H20N2OS. The molecule has 0 bridgehead atoms. The van der Waals surface area contributed by atoms with E-state index in [1.807, 2.05) is 0 Å². The van der Waals surface area contributed by atoms with Crippen molar-refractivity contribution in [3.63, 3.8) is 0 Å². The number of thiazole rings is 1. The van der Waals surface area contributed by atoms with E-state index in [0.29, 0.717) is 5.92 Å². The zero-order chi connectivity index (χ0) is 11.4. The number of rotatable bonds is 5. The van der Waals surface area contributed by atoms with Crippen LogP contribution in [0.3, 0.4) is 0 Å². The Balaban J connectivity index is 1.95. The van der Waals surface area contributed by atoms with Gasteiger partial charge in [-0.25, -0.2) is 4.98 Å². The molecule has 0 amide bonds. The largest absolute Gasteiger partial charge is 0.381 e. The molecule has 1 aromatic heterocycles. The zero-order valence-electron chi connectivity index (χ0n) is 9.82. The van der Waals surface area contributed by atoms with Crippen LogP contribution in [-0.2, 0) is 4.74 Å². The predicted molar refractivity (Wildman–Crippen MR) is 66.7 cm³/mol. The van der Waals surface area contributed by atoms with Crippen molar-refractivity contribution < 1.29 is 4.74 Å². The first-order valence-electron chi connectivity index (χ1n) is 6.10. The van der Waals surface area contributed by atoms with Crippen LogP contribution in [0.25, 0.3) is 0 Å². The van der Waals surface area contributed by atoms with E-state index < -0.39 is 0 Å². The van der Waals surface area contributed by atoms with Crippen molar-refractivity contribution >= 4 is 11.3 Å². The zero-order valence-corrected chi connectivity index (χ0v) is 10.6. The van der Waals surface area contributed by atoms with Gasteiger partial charge in [0.25, 0.3) is 0 Å². The molecular weight excluding hydrogens is 220 g/mol. The molecule has 0 radical (unpaired) electrons. The molecule has 0 aromatic carbocycles. The van der Waals surface area contributed by atoms with E-state index in [0.717, 1.165) is 31.7 Å². The van der Waals surface area contributed by atoms with Crippen molar-refractivity contribution in [1.29, 1.82) is 0 Å². The molecule has 90 valence electrons.